The topological polar surface area (TPSA) is 92.3 Å². The van der Waals surface area contributed by atoms with Crippen molar-refractivity contribution in [1.82, 2.24) is 14.9 Å². The van der Waals surface area contributed by atoms with Gasteiger partial charge in [-0.1, -0.05) is 23.7 Å². The maximum atomic E-state index is 13.0. The fourth-order valence-corrected chi connectivity index (χ4v) is 4.49. The molecule has 3 amide bonds. The van der Waals surface area contributed by atoms with E-state index in [0.717, 1.165) is 25.4 Å². The summed E-state index contributed by atoms with van der Waals surface area (Å²) in [7, 11) is 0. The second-order valence-electron chi connectivity index (χ2n) is 6.23. The first-order chi connectivity index (χ1) is 13.8. The van der Waals surface area contributed by atoms with Gasteiger partial charge in [-0.15, -0.1) is 11.3 Å². The van der Waals surface area contributed by atoms with Gasteiger partial charge < -0.3 is 5.32 Å². The van der Waals surface area contributed by atoms with Gasteiger partial charge in [0.25, 0.3) is 17.7 Å². The number of hydrogen-bond donors (Lipinski definition) is 1. The maximum Gasteiger partial charge on any atom is 0.280 e. The minimum Gasteiger partial charge on any atom is -0.305 e. The van der Waals surface area contributed by atoms with Gasteiger partial charge in [0.1, 0.15) is 22.9 Å². The van der Waals surface area contributed by atoms with Crippen LogP contribution >= 0.6 is 45.5 Å². The minimum atomic E-state index is -0.539. The van der Waals surface area contributed by atoms with Crippen LogP contribution in [-0.2, 0) is 6.54 Å². The number of carbonyl (C=O) groups excluding carboxylic acids is 3. The van der Waals surface area contributed by atoms with Crippen LogP contribution in [0.25, 0.3) is 0 Å². The van der Waals surface area contributed by atoms with Crippen LogP contribution in [0.2, 0.25) is 4.34 Å². The normalized spacial score (nSPS) is 13.0. The van der Waals surface area contributed by atoms with Crippen molar-refractivity contribution in [3.05, 3.63) is 71.8 Å². The fraction of sp³-hybridized carbons (Fsp3) is 0.105. The van der Waals surface area contributed by atoms with E-state index in [1.807, 2.05) is 24.3 Å². The molecule has 0 aliphatic carbocycles. The average molecular weight is 539 g/mol. The van der Waals surface area contributed by atoms with Gasteiger partial charge in [-0.3, -0.25) is 19.3 Å². The first kappa shape index (κ1) is 19.9. The van der Waals surface area contributed by atoms with Crippen LogP contribution in [0.4, 0.5) is 5.82 Å². The summed E-state index contributed by atoms with van der Waals surface area (Å²) in [5.74, 6) is -1.21. The quantitative estimate of drug-likeness (QED) is 0.398. The summed E-state index contributed by atoms with van der Waals surface area (Å²) in [6, 6.07) is 10.7. The highest BCUT2D eigenvalue weighted by Crippen LogP contribution is 2.29. The molecular formula is C19H12ClIN4O3S. The Hall–Kier alpha value is -2.37. The molecule has 3 aromatic rings. The molecule has 0 fully saturated rings. The molecule has 1 aliphatic rings. The first-order valence-electron chi connectivity index (χ1n) is 8.39. The molecule has 0 atom stereocenters. The summed E-state index contributed by atoms with van der Waals surface area (Å²) < 4.78 is 1.46. The fourth-order valence-electron chi connectivity index (χ4n) is 2.94. The highest BCUT2D eigenvalue weighted by molar-refractivity contribution is 14.1. The molecule has 29 heavy (non-hydrogen) atoms. The number of anilines is 1. The molecule has 3 heterocycles. The molecule has 4 rings (SSSR count). The molecule has 146 valence electrons. The van der Waals surface area contributed by atoms with E-state index in [1.54, 1.807) is 19.1 Å². The summed E-state index contributed by atoms with van der Waals surface area (Å²) in [5.41, 5.74) is 0.810. The van der Waals surface area contributed by atoms with Gasteiger partial charge in [0.05, 0.1) is 15.8 Å². The predicted octanol–water partition coefficient (Wildman–Crippen LogP) is 4.15. The molecule has 0 radical (unpaired) electrons. The Labute approximate surface area is 188 Å². The summed E-state index contributed by atoms with van der Waals surface area (Å²) in [6.45, 7) is 1.70. The molecule has 10 heteroatoms. The van der Waals surface area contributed by atoms with Crippen LogP contribution in [0.3, 0.4) is 0 Å². The summed E-state index contributed by atoms with van der Waals surface area (Å²) in [6.07, 6.45) is 0. The molecule has 7 nitrogen and oxygen atoms in total. The van der Waals surface area contributed by atoms with Gasteiger partial charge in [0.2, 0.25) is 0 Å². The lowest BCUT2D eigenvalue weighted by molar-refractivity contribution is 0.0640. The van der Waals surface area contributed by atoms with Crippen LogP contribution in [0.5, 0.6) is 0 Å². The van der Waals surface area contributed by atoms with E-state index in [0.29, 0.717) is 9.21 Å². The van der Waals surface area contributed by atoms with Gasteiger partial charge >= 0.3 is 0 Å². The van der Waals surface area contributed by atoms with Crippen molar-refractivity contribution < 1.29 is 14.4 Å². The Morgan fingerprint density at radius 1 is 1.21 bits per heavy atom. The van der Waals surface area contributed by atoms with Gasteiger partial charge in [-0.2, -0.15) is 0 Å². The number of aromatic nitrogens is 2. The van der Waals surface area contributed by atoms with E-state index < -0.39 is 17.7 Å². The van der Waals surface area contributed by atoms with Crippen molar-refractivity contribution in [2.75, 3.05) is 5.32 Å². The van der Waals surface area contributed by atoms with Crippen LogP contribution in [0, 0.1) is 10.5 Å². The molecule has 1 aromatic carbocycles. The zero-order valence-electron chi connectivity index (χ0n) is 14.9. The Bertz CT molecular complexity index is 1180. The number of aryl methyl sites for hydroxylation is 1. The molecule has 0 saturated heterocycles. The Kier molecular flexibility index (Phi) is 5.36. The van der Waals surface area contributed by atoms with Gasteiger partial charge in [-0.25, -0.2) is 9.97 Å². The van der Waals surface area contributed by atoms with Crippen LogP contribution in [-0.4, -0.2) is 32.6 Å². The third-order valence-corrected chi connectivity index (χ3v) is 6.09. The SMILES string of the molecule is Cc1nc(NC(=O)c2ccc(Cl)s2)c2c(n1)C(=O)N(Cc1cccc(I)c1)C2=O. The van der Waals surface area contributed by atoms with Crippen LogP contribution in [0.15, 0.2) is 36.4 Å². The number of thiophene rings is 1. The Balaban J connectivity index is 1.67. The monoisotopic (exact) mass is 538 g/mol. The first-order valence-corrected chi connectivity index (χ1v) is 10.7. The van der Waals surface area contributed by atoms with E-state index in [-0.39, 0.29) is 29.4 Å². The number of nitrogens with one attached hydrogen (secondary N) is 1. The summed E-state index contributed by atoms with van der Waals surface area (Å²) >= 11 is 9.15. The highest BCUT2D eigenvalue weighted by Gasteiger charge is 2.40. The number of imide groups is 1. The van der Waals surface area contributed by atoms with Crippen molar-refractivity contribution in [2.45, 2.75) is 13.5 Å². The maximum absolute atomic E-state index is 13.0. The zero-order valence-corrected chi connectivity index (χ0v) is 18.6. The number of hydrogen-bond acceptors (Lipinski definition) is 6. The number of rotatable bonds is 4. The van der Waals surface area contributed by atoms with Crippen LogP contribution in [0.1, 0.15) is 41.9 Å². The second kappa shape index (κ2) is 7.81. The Morgan fingerprint density at radius 2 is 2.00 bits per heavy atom. The minimum absolute atomic E-state index is 0.00207. The lowest BCUT2D eigenvalue weighted by Gasteiger charge is -2.13. The lowest BCUT2D eigenvalue weighted by atomic mass is 10.2. The molecule has 1 aliphatic heterocycles. The lowest BCUT2D eigenvalue weighted by Crippen LogP contribution is -2.29. The average Bonchev–Trinajstić information content (AvgIpc) is 3.19. The predicted molar refractivity (Wildman–Crippen MR) is 117 cm³/mol. The van der Waals surface area contributed by atoms with Gasteiger partial charge in [0, 0.05) is 3.57 Å². The van der Waals surface area contributed by atoms with E-state index in [1.165, 1.54) is 0 Å². The van der Waals surface area contributed by atoms with Gasteiger partial charge in [-0.05, 0) is 59.3 Å². The van der Waals surface area contributed by atoms with Crippen molar-refractivity contribution in [1.29, 1.82) is 0 Å². The number of nitrogens with zero attached hydrogens (tertiary/aromatic N) is 3. The third kappa shape index (κ3) is 3.89. The molecule has 2 aromatic heterocycles. The number of carbonyl (C=O) groups is 3. The van der Waals surface area contributed by atoms with E-state index in [9.17, 15) is 14.4 Å². The second-order valence-corrected chi connectivity index (χ2v) is 9.19. The number of fused-ring (bicyclic) bond motifs is 1. The van der Waals surface area contributed by atoms with E-state index in [2.05, 4.69) is 37.9 Å². The molecular weight excluding hydrogens is 527 g/mol. The van der Waals surface area contributed by atoms with Crippen molar-refractivity contribution in [3.63, 3.8) is 0 Å². The summed E-state index contributed by atoms with van der Waals surface area (Å²) in [4.78, 5) is 48.2. The smallest absolute Gasteiger partial charge is 0.280 e. The molecule has 0 saturated carbocycles. The van der Waals surface area contributed by atoms with Crippen LogP contribution < -0.4 is 5.32 Å². The molecule has 0 unspecified atom stereocenters. The van der Waals surface area contributed by atoms with E-state index >= 15 is 0 Å². The number of benzene rings is 1. The standard InChI is InChI=1S/C19H12ClIN4O3S/c1-9-22-15-14(16(23-9)24-17(26)12-5-6-13(20)29-12)18(27)25(19(15)28)8-10-3-2-4-11(21)7-10/h2-7H,8H2,1H3,(H,22,23,24,26). The Morgan fingerprint density at radius 3 is 2.69 bits per heavy atom. The van der Waals surface area contributed by atoms with Crippen molar-refractivity contribution >= 4 is 69.1 Å². The van der Waals surface area contributed by atoms with Crippen molar-refractivity contribution in [3.8, 4) is 0 Å². The number of halogens is 2. The largest absolute Gasteiger partial charge is 0.305 e. The van der Waals surface area contributed by atoms with E-state index in [4.69, 9.17) is 11.6 Å². The summed E-state index contributed by atoms with van der Waals surface area (Å²) in [5, 5.41) is 2.62. The molecule has 0 bridgehead atoms. The molecule has 0 spiro atoms. The highest BCUT2D eigenvalue weighted by atomic mass is 127. The third-order valence-electron chi connectivity index (χ3n) is 4.19. The number of amides is 3. The van der Waals surface area contributed by atoms with Crippen molar-refractivity contribution in [2.24, 2.45) is 0 Å². The zero-order chi connectivity index (χ0) is 20.7. The van der Waals surface area contributed by atoms with Gasteiger partial charge in [0.15, 0.2) is 0 Å². The molecule has 1 N–H and O–H groups in total.